The van der Waals surface area contributed by atoms with E-state index in [2.05, 4.69) is 32.7 Å². The number of nitrogens with one attached hydrogen (secondary N) is 2. The van der Waals surface area contributed by atoms with Crippen LogP contribution in [-0.4, -0.2) is 9.97 Å². The lowest BCUT2D eigenvalue weighted by atomic mass is 10.0. The van der Waals surface area contributed by atoms with Crippen molar-refractivity contribution < 1.29 is 0 Å². The summed E-state index contributed by atoms with van der Waals surface area (Å²) in [6.45, 7) is 3.62. The third-order valence-electron chi connectivity index (χ3n) is 3.72. The number of pyridine rings is 2. The molecule has 0 saturated heterocycles. The first kappa shape index (κ1) is 10.2. The molecular formula is C14H14N4. The van der Waals surface area contributed by atoms with E-state index in [1.54, 1.807) is 0 Å². The van der Waals surface area contributed by atoms with Crippen LogP contribution in [0.5, 0.6) is 0 Å². The average Bonchev–Trinajstić information content (AvgIpc) is 3.05. The Morgan fingerprint density at radius 1 is 0.944 bits per heavy atom. The third kappa shape index (κ3) is 1.46. The smallest absolute Gasteiger partial charge is 0.0592 e. The summed E-state index contributed by atoms with van der Waals surface area (Å²) in [5.41, 5.74) is 7.48. The molecule has 0 bridgehead atoms. The van der Waals surface area contributed by atoms with Crippen LogP contribution in [0.15, 0.2) is 24.5 Å². The van der Waals surface area contributed by atoms with Crippen molar-refractivity contribution in [1.82, 2.24) is 20.6 Å². The van der Waals surface area contributed by atoms with Gasteiger partial charge in [-0.3, -0.25) is 9.97 Å². The Kier molecular flexibility index (Phi) is 2.18. The Labute approximate surface area is 105 Å². The van der Waals surface area contributed by atoms with Crippen LogP contribution in [0.25, 0.3) is 11.1 Å². The molecule has 2 N–H and O–H groups in total. The third-order valence-corrected chi connectivity index (χ3v) is 3.72. The maximum atomic E-state index is 4.56. The summed E-state index contributed by atoms with van der Waals surface area (Å²) in [5.74, 6) is 0. The fraction of sp³-hybridized carbons (Fsp3) is 0.286. The molecule has 0 radical (unpaired) electrons. The summed E-state index contributed by atoms with van der Waals surface area (Å²) >= 11 is 0. The van der Waals surface area contributed by atoms with Gasteiger partial charge in [0.1, 0.15) is 0 Å². The van der Waals surface area contributed by atoms with Gasteiger partial charge in [0.25, 0.3) is 0 Å². The zero-order chi connectivity index (χ0) is 11.9. The van der Waals surface area contributed by atoms with Crippen LogP contribution in [-0.2, 0) is 26.2 Å². The lowest BCUT2D eigenvalue weighted by molar-refractivity contribution is 0.757. The highest BCUT2D eigenvalue weighted by atomic mass is 14.9. The molecule has 0 aliphatic carbocycles. The molecule has 0 spiro atoms. The van der Waals surface area contributed by atoms with Gasteiger partial charge in [0.15, 0.2) is 0 Å². The summed E-state index contributed by atoms with van der Waals surface area (Å²) in [5, 5.41) is 6.69. The van der Waals surface area contributed by atoms with Crippen molar-refractivity contribution >= 4 is 0 Å². The first-order valence-electron chi connectivity index (χ1n) is 6.28. The second-order valence-electron chi connectivity index (χ2n) is 4.82. The van der Waals surface area contributed by atoms with Gasteiger partial charge in [-0.15, -0.1) is 0 Å². The molecule has 0 unspecified atom stereocenters. The molecule has 4 nitrogen and oxygen atoms in total. The Morgan fingerprint density at radius 2 is 1.83 bits per heavy atom. The largest absolute Gasteiger partial charge is 0.307 e. The lowest BCUT2D eigenvalue weighted by Crippen LogP contribution is -2.00. The average molecular weight is 238 g/mol. The van der Waals surface area contributed by atoms with E-state index in [9.17, 15) is 0 Å². The monoisotopic (exact) mass is 238 g/mol. The van der Waals surface area contributed by atoms with E-state index in [4.69, 9.17) is 0 Å². The first-order valence-corrected chi connectivity index (χ1v) is 6.28. The minimum absolute atomic E-state index is 0.878. The number of aromatic nitrogens is 2. The lowest BCUT2D eigenvalue weighted by Gasteiger charge is -2.08. The zero-order valence-corrected chi connectivity index (χ0v) is 10.0. The van der Waals surface area contributed by atoms with Gasteiger partial charge in [-0.1, -0.05) is 0 Å². The van der Waals surface area contributed by atoms with Crippen LogP contribution in [0, 0.1) is 0 Å². The molecule has 0 atom stereocenters. The Balaban J connectivity index is 1.86. The topological polar surface area (TPSA) is 49.8 Å². The molecule has 0 amide bonds. The molecule has 4 heteroatoms. The Hall–Kier alpha value is -1.78. The first-order chi connectivity index (χ1) is 8.92. The van der Waals surface area contributed by atoms with Crippen molar-refractivity contribution in [2.24, 2.45) is 0 Å². The molecule has 2 aliphatic rings. The fourth-order valence-electron chi connectivity index (χ4n) is 2.78. The summed E-state index contributed by atoms with van der Waals surface area (Å²) in [4.78, 5) is 8.98. The van der Waals surface area contributed by atoms with Crippen molar-refractivity contribution in [2.45, 2.75) is 26.2 Å². The molecule has 2 aliphatic heterocycles. The normalized spacial score (nSPS) is 16.7. The number of nitrogens with zero attached hydrogens (tertiary/aromatic N) is 2. The fourth-order valence-corrected chi connectivity index (χ4v) is 2.78. The van der Waals surface area contributed by atoms with Crippen molar-refractivity contribution in [3.8, 4) is 11.1 Å². The number of hydrogen-bond acceptors (Lipinski definition) is 4. The number of hydrogen-bond donors (Lipinski definition) is 2. The van der Waals surface area contributed by atoms with Gasteiger partial charge in [0, 0.05) is 44.1 Å². The second-order valence-corrected chi connectivity index (χ2v) is 4.82. The van der Waals surface area contributed by atoms with Gasteiger partial charge in [-0.2, -0.15) is 0 Å². The molecule has 4 heterocycles. The van der Waals surface area contributed by atoms with Crippen molar-refractivity contribution in [3.63, 3.8) is 0 Å². The molecule has 90 valence electrons. The Bertz CT molecular complexity index is 621. The van der Waals surface area contributed by atoms with Gasteiger partial charge in [0.05, 0.1) is 11.4 Å². The van der Waals surface area contributed by atoms with Crippen molar-refractivity contribution in [3.05, 3.63) is 47.0 Å². The van der Waals surface area contributed by atoms with Crippen molar-refractivity contribution in [1.29, 1.82) is 0 Å². The standard InChI is InChI=1S/C14H14N4/c1-2-17-14-8-16-6-12(14)11(1)9-3-10-4-15-7-13(10)18-5-9/h1-3,5,15-16H,4,6-8H2. The van der Waals surface area contributed by atoms with Gasteiger partial charge < -0.3 is 10.6 Å². The van der Waals surface area contributed by atoms with Gasteiger partial charge in [-0.25, -0.2) is 0 Å². The molecule has 0 fully saturated rings. The Morgan fingerprint density at radius 3 is 2.83 bits per heavy atom. The van der Waals surface area contributed by atoms with Crippen LogP contribution in [0.1, 0.15) is 22.5 Å². The van der Waals surface area contributed by atoms with E-state index >= 15 is 0 Å². The second kappa shape index (κ2) is 3.86. The van der Waals surface area contributed by atoms with Crippen LogP contribution in [0.3, 0.4) is 0 Å². The maximum Gasteiger partial charge on any atom is 0.0592 e. The van der Waals surface area contributed by atoms with Crippen LogP contribution in [0.4, 0.5) is 0 Å². The van der Waals surface area contributed by atoms with Gasteiger partial charge in [-0.05, 0) is 28.8 Å². The molecule has 2 aromatic rings. The predicted molar refractivity (Wildman–Crippen MR) is 68.6 cm³/mol. The quantitative estimate of drug-likeness (QED) is 0.787. The minimum atomic E-state index is 0.878. The summed E-state index contributed by atoms with van der Waals surface area (Å²) < 4.78 is 0. The summed E-state index contributed by atoms with van der Waals surface area (Å²) in [6.07, 6.45) is 3.88. The SMILES string of the molecule is c1cc(-c2cnc3c(c2)CNC3)c2c(n1)CNC2. The highest BCUT2D eigenvalue weighted by molar-refractivity contribution is 5.68. The summed E-state index contributed by atoms with van der Waals surface area (Å²) in [7, 11) is 0. The molecule has 4 rings (SSSR count). The number of fused-ring (bicyclic) bond motifs is 2. The van der Waals surface area contributed by atoms with Gasteiger partial charge >= 0.3 is 0 Å². The molecule has 0 aromatic carbocycles. The predicted octanol–water partition coefficient (Wildman–Crippen LogP) is 1.35. The zero-order valence-electron chi connectivity index (χ0n) is 10.0. The van der Waals surface area contributed by atoms with Crippen LogP contribution >= 0.6 is 0 Å². The van der Waals surface area contributed by atoms with Crippen molar-refractivity contribution in [2.75, 3.05) is 0 Å². The van der Waals surface area contributed by atoms with Crippen LogP contribution < -0.4 is 10.6 Å². The summed E-state index contributed by atoms with van der Waals surface area (Å²) in [6, 6.07) is 4.36. The van der Waals surface area contributed by atoms with Gasteiger partial charge in [0.2, 0.25) is 0 Å². The van der Waals surface area contributed by atoms with E-state index < -0.39 is 0 Å². The van der Waals surface area contributed by atoms with E-state index in [0.717, 1.165) is 26.2 Å². The van der Waals surface area contributed by atoms with E-state index in [0.29, 0.717) is 0 Å². The molecule has 2 aromatic heterocycles. The van der Waals surface area contributed by atoms with Crippen LogP contribution in [0.2, 0.25) is 0 Å². The van der Waals surface area contributed by atoms with E-state index in [-0.39, 0.29) is 0 Å². The van der Waals surface area contributed by atoms with E-state index in [1.807, 2.05) is 12.4 Å². The molecular weight excluding hydrogens is 224 g/mol. The minimum Gasteiger partial charge on any atom is -0.307 e. The number of rotatable bonds is 1. The van der Waals surface area contributed by atoms with E-state index in [1.165, 1.54) is 33.6 Å². The highest BCUT2D eigenvalue weighted by Crippen LogP contribution is 2.29. The maximum absolute atomic E-state index is 4.56. The molecule has 0 saturated carbocycles. The molecule has 18 heavy (non-hydrogen) atoms. The highest BCUT2D eigenvalue weighted by Gasteiger charge is 2.18.